The first-order chi connectivity index (χ1) is 14.1. The van der Waals surface area contributed by atoms with Gasteiger partial charge in [-0.2, -0.15) is 5.26 Å². The number of nitriles is 1. The monoisotopic (exact) mass is 415 g/mol. The molecule has 0 atom stereocenters. The highest BCUT2D eigenvalue weighted by Crippen LogP contribution is 2.38. The van der Waals surface area contributed by atoms with Crippen LogP contribution in [0.3, 0.4) is 0 Å². The van der Waals surface area contributed by atoms with Crippen LogP contribution in [0.4, 0.5) is 5.82 Å². The number of nitrogens with zero attached hydrogens (tertiary/aromatic N) is 2. The molecule has 3 nitrogen and oxygen atoms in total. The summed E-state index contributed by atoms with van der Waals surface area (Å²) in [6, 6.07) is 27.4. The van der Waals surface area contributed by atoms with Crippen LogP contribution in [-0.4, -0.2) is 4.98 Å². The molecule has 4 rings (SSSR count). The Kier molecular flexibility index (Phi) is 5.22. The van der Waals surface area contributed by atoms with E-state index in [1.807, 2.05) is 54.6 Å². The van der Waals surface area contributed by atoms with E-state index in [0.717, 1.165) is 16.7 Å². The van der Waals surface area contributed by atoms with Crippen LogP contribution < -0.4 is 5.73 Å². The van der Waals surface area contributed by atoms with Gasteiger partial charge in [-0.1, -0.05) is 89.9 Å². The molecule has 3 aromatic carbocycles. The van der Waals surface area contributed by atoms with E-state index in [-0.39, 0.29) is 11.4 Å². The van der Waals surface area contributed by atoms with E-state index >= 15 is 0 Å². The number of hydrogen-bond acceptors (Lipinski definition) is 3. The van der Waals surface area contributed by atoms with Crippen molar-refractivity contribution in [3.63, 3.8) is 0 Å². The van der Waals surface area contributed by atoms with Gasteiger partial charge in [0, 0.05) is 16.7 Å². The van der Waals surface area contributed by atoms with Gasteiger partial charge in [-0.05, 0) is 23.3 Å². The van der Waals surface area contributed by atoms with Crippen LogP contribution in [0.5, 0.6) is 0 Å². The molecule has 140 valence electrons. The zero-order valence-corrected chi connectivity index (χ0v) is 16.7. The summed E-state index contributed by atoms with van der Waals surface area (Å²) >= 11 is 12.6. The normalized spacial score (nSPS) is 10.5. The Morgan fingerprint density at radius 3 is 2.10 bits per heavy atom. The van der Waals surface area contributed by atoms with Crippen LogP contribution in [0.25, 0.3) is 33.5 Å². The molecule has 0 fully saturated rings. The summed E-state index contributed by atoms with van der Waals surface area (Å²) < 4.78 is 0. The third-order valence-corrected chi connectivity index (χ3v) is 5.51. The minimum atomic E-state index is 0.156. The molecule has 0 saturated heterocycles. The first-order valence-electron chi connectivity index (χ1n) is 8.89. The van der Waals surface area contributed by atoms with E-state index in [1.54, 1.807) is 12.1 Å². The molecule has 0 unspecified atom stereocenters. The molecule has 0 saturated carbocycles. The van der Waals surface area contributed by atoms with Gasteiger partial charge in [-0.25, -0.2) is 4.98 Å². The Balaban J connectivity index is 1.83. The molecule has 29 heavy (non-hydrogen) atoms. The zero-order valence-electron chi connectivity index (χ0n) is 15.2. The summed E-state index contributed by atoms with van der Waals surface area (Å²) in [5.74, 6) is 0.156. The number of rotatable bonds is 3. The number of hydrogen-bond donors (Lipinski definition) is 1. The van der Waals surface area contributed by atoms with Crippen LogP contribution >= 0.6 is 23.2 Å². The van der Waals surface area contributed by atoms with Crippen molar-refractivity contribution in [3.8, 4) is 39.6 Å². The van der Waals surface area contributed by atoms with E-state index in [4.69, 9.17) is 28.9 Å². The molecule has 0 amide bonds. The fraction of sp³-hybridized carbons (Fsp3) is 0. The SMILES string of the molecule is N#Cc1c(-c2cccc(Cl)c2Cl)cc(-c2ccc(-c3ccccc3)cc2)nc1N. The smallest absolute Gasteiger partial charge is 0.142 e. The lowest BCUT2D eigenvalue weighted by molar-refractivity contribution is 1.31. The van der Waals surface area contributed by atoms with Crippen molar-refractivity contribution in [3.05, 3.63) is 94.5 Å². The second kappa shape index (κ2) is 7.97. The van der Waals surface area contributed by atoms with Gasteiger partial charge >= 0.3 is 0 Å². The molecule has 4 aromatic rings. The standard InChI is InChI=1S/C24H15Cl2N3/c25-21-8-4-7-18(23(21)26)19-13-22(29-24(28)20(19)14-27)17-11-9-16(10-12-17)15-5-2-1-3-6-15/h1-13H,(H2,28,29). The lowest BCUT2D eigenvalue weighted by atomic mass is 9.97. The van der Waals surface area contributed by atoms with Gasteiger partial charge in [0.05, 0.1) is 15.7 Å². The fourth-order valence-electron chi connectivity index (χ4n) is 3.22. The van der Waals surface area contributed by atoms with Gasteiger partial charge in [0.25, 0.3) is 0 Å². The van der Waals surface area contributed by atoms with Gasteiger partial charge in [0.1, 0.15) is 17.5 Å². The second-order valence-corrected chi connectivity index (χ2v) is 7.26. The van der Waals surface area contributed by atoms with Crippen LogP contribution in [0.2, 0.25) is 10.0 Å². The molecule has 5 heteroatoms. The molecule has 0 spiro atoms. The number of anilines is 1. The first kappa shape index (κ1) is 19.0. The largest absolute Gasteiger partial charge is 0.383 e. The third-order valence-electron chi connectivity index (χ3n) is 4.69. The number of nitrogen functional groups attached to an aromatic ring is 1. The summed E-state index contributed by atoms with van der Waals surface area (Å²) in [7, 11) is 0. The first-order valence-corrected chi connectivity index (χ1v) is 9.65. The molecule has 0 aliphatic rings. The fourth-order valence-corrected chi connectivity index (χ4v) is 3.62. The van der Waals surface area contributed by atoms with E-state index in [9.17, 15) is 5.26 Å². The summed E-state index contributed by atoms with van der Waals surface area (Å²) in [5.41, 5.74) is 11.4. The molecule has 0 bridgehead atoms. The maximum Gasteiger partial charge on any atom is 0.142 e. The number of aromatic nitrogens is 1. The van der Waals surface area contributed by atoms with Crippen molar-refractivity contribution in [2.75, 3.05) is 5.73 Å². The average Bonchev–Trinajstić information content (AvgIpc) is 2.76. The molecular weight excluding hydrogens is 401 g/mol. The Bertz CT molecular complexity index is 1230. The van der Waals surface area contributed by atoms with Crippen molar-refractivity contribution < 1.29 is 0 Å². The highest BCUT2D eigenvalue weighted by Gasteiger charge is 2.16. The predicted octanol–water partition coefficient (Wildman–Crippen LogP) is 6.84. The molecule has 1 aromatic heterocycles. The number of benzene rings is 3. The second-order valence-electron chi connectivity index (χ2n) is 6.47. The van der Waals surface area contributed by atoms with Gasteiger partial charge in [0.15, 0.2) is 0 Å². The average molecular weight is 416 g/mol. The summed E-state index contributed by atoms with van der Waals surface area (Å²) in [6.45, 7) is 0. The number of pyridine rings is 1. The lowest BCUT2D eigenvalue weighted by Crippen LogP contribution is -2.00. The van der Waals surface area contributed by atoms with Crippen molar-refractivity contribution in [2.45, 2.75) is 0 Å². The Hall–Kier alpha value is -3.32. The highest BCUT2D eigenvalue weighted by molar-refractivity contribution is 6.43. The van der Waals surface area contributed by atoms with Gasteiger partial charge in [-0.3, -0.25) is 0 Å². The van der Waals surface area contributed by atoms with Crippen molar-refractivity contribution in [1.82, 2.24) is 4.98 Å². The maximum atomic E-state index is 9.60. The highest BCUT2D eigenvalue weighted by atomic mass is 35.5. The number of halogens is 2. The maximum absolute atomic E-state index is 9.60. The molecule has 0 radical (unpaired) electrons. The van der Waals surface area contributed by atoms with Crippen LogP contribution in [0.15, 0.2) is 78.9 Å². The molecule has 0 aliphatic heterocycles. The van der Waals surface area contributed by atoms with Gasteiger partial charge in [-0.15, -0.1) is 0 Å². The van der Waals surface area contributed by atoms with Crippen molar-refractivity contribution in [2.24, 2.45) is 0 Å². The van der Waals surface area contributed by atoms with Crippen LogP contribution in [0.1, 0.15) is 5.56 Å². The van der Waals surface area contributed by atoms with Gasteiger partial charge in [0.2, 0.25) is 0 Å². The minimum absolute atomic E-state index is 0.156. The Morgan fingerprint density at radius 2 is 1.41 bits per heavy atom. The quantitative estimate of drug-likeness (QED) is 0.398. The van der Waals surface area contributed by atoms with Crippen molar-refractivity contribution in [1.29, 1.82) is 5.26 Å². The summed E-state index contributed by atoms with van der Waals surface area (Å²) in [4.78, 5) is 4.43. The predicted molar refractivity (Wildman–Crippen MR) is 120 cm³/mol. The summed E-state index contributed by atoms with van der Waals surface area (Å²) in [6.07, 6.45) is 0. The number of nitrogens with two attached hydrogens (primary N) is 1. The van der Waals surface area contributed by atoms with Crippen LogP contribution in [0, 0.1) is 11.3 Å². The third kappa shape index (κ3) is 3.69. The van der Waals surface area contributed by atoms with E-state index in [2.05, 4.69) is 23.2 Å². The van der Waals surface area contributed by atoms with E-state index < -0.39 is 0 Å². The van der Waals surface area contributed by atoms with Crippen molar-refractivity contribution >= 4 is 29.0 Å². The Labute approximate surface area is 179 Å². The summed E-state index contributed by atoms with van der Waals surface area (Å²) in [5, 5.41) is 10.4. The van der Waals surface area contributed by atoms with Crippen LogP contribution in [-0.2, 0) is 0 Å². The molecular formula is C24H15Cl2N3. The minimum Gasteiger partial charge on any atom is -0.383 e. The lowest BCUT2D eigenvalue weighted by Gasteiger charge is -2.12. The Morgan fingerprint density at radius 1 is 0.759 bits per heavy atom. The molecule has 1 heterocycles. The topological polar surface area (TPSA) is 62.7 Å². The van der Waals surface area contributed by atoms with E-state index in [0.29, 0.717) is 26.9 Å². The van der Waals surface area contributed by atoms with E-state index in [1.165, 1.54) is 0 Å². The zero-order chi connectivity index (χ0) is 20.4. The molecule has 0 aliphatic carbocycles. The van der Waals surface area contributed by atoms with Gasteiger partial charge < -0.3 is 5.73 Å². The molecule has 2 N–H and O–H groups in total.